The van der Waals surface area contributed by atoms with E-state index in [-0.39, 0.29) is 18.6 Å². The SMILES string of the molecule is COc1ccc(N)cc1NC(=O)COC(C)C. The van der Waals surface area contributed by atoms with Crippen LogP contribution in [0.2, 0.25) is 0 Å². The Morgan fingerprint density at radius 2 is 2.18 bits per heavy atom. The van der Waals surface area contributed by atoms with Crippen molar-refractivity contribution in [2.24, 2.45) is 0 Å². The monoisotopic (exact) mass is 238 g/mol. The lowest BCUT2D eigenvalue weighted by Crippen LogP contribution is -2.21. The molecule has 0 aromatic heterocycles. The van der Waals surface area contributed by atoms with Gasteiger partial charge in [-0.05, 0) is 32.0 Å². The molecule has 0 saturated carbocycles. The van der Waals surface area contributed by atoms with Crippen molar-refractivity contribution in [2.75, 3.05) is 24.8 Å². The largest absolute Gasteiger partial charge is 0.495 e. The minimum absolute atomic E-state index is 0.00954. The van der Waals surface area contributed by atoms with E-state index < -0.39 is 0 Å². The Balaban J connectivity index is 2.66. The summed E-state index contributed by atoms with van der Waals surface area (Å²) in [6, 6.07) is 5.06. The normalized spacial score (nSPS) is 10.4. The molecule has 3 N–H and O–H groups in total. The van der Waals surface area contributed by atoms with Crippen LogP contribution in [0.4, 0.5) is 11.4 Å². The summed E-state index contributed by atoms with van der Waals surface area (Å²) in [6.07, 6.45) is 0.0171. The fourth-order valence-corrected chi connectivity index (χ4v) is 1.25. The number of nitrogen functional groups attached to an aromatic ring is 1. The van der Waals surface area contributed by atoms with Crippen molar-refractivity contribution in [1.29, 1.82) is 0 Å². The van der Waals surface area contributed by atoms with Gasteiger partial charge in [-0.2, -0.15) is 0 Å². The molecule has 0 saturated heterocycles. The lowest BCUT2D eigenvalue weighted by molar-refractivity contribution is -0.121. The third-order valence-electron chi connectivity index (χ3n) is 2.05. The summed E-state index contributed by atoms with van der Waals surface area (Å²) in [5.74, 6) is 0.333. The molecule has 17 heavy (non-hydrogen) atoms. The third kappa shape index (κ3) is 4.32. The first-order valence-electron chi connectivity index (χ1n) is 5.38. The number of nitrogens with one attached hydrogen (secondary N) is 1. The van der Waals surface area contributed by atoms with E-state index in [0.717, 1.165) is 0 Å². The molecule has 0 aliphatic carbocycles. The number of nitrogens with two attached hydrogens (primary N) is 1. The molecule has 0 atom stereocenters. The summed E-state index contributed by atoms with van der Waals surface area (Å²) < 4.78 is 10.3. The average Bonchev–Trinajstić information content (AvgIpc) is 2.27. The van der Waals surface area contributed by atoms with Crippen LogP contribution >= 0.6 is 0 Å². The second kappa shape index (κ2) is 6.10. The molecule has 5 nitrogen and oxygen atoms in total. The molecular weight excluding hydrogens is 220 g/mol. The Labute approximate surface area is 101 Å². The molecule has 0 unspecified atom stereocenters. The van der Waals surface area contributed by atoms with Gasteiger partial charge in [-0.3, -0.25) is 4.79 Å². The predicted octanol–water partition coefficient (Wildman–Crippen LogP) is 1.64. The van der Waals surface area contributed by atoms with Crippen molar-refractivity contribution in [1.82, 2.24) is 0 Å². The summed E-state index contributed by atoms with van der Waals surface area (Å²) in [6.45, 7) is 3.75. The van der Waals surface area contributed by atoms with Crippen LogP contribution in [0.15, 0.2) is 18.2 Å². The van der Waals surface area contributed by atoms with Crippen LogP contribution in [-0.4, -0.2) is 25.7 Å². The topological polar surface area (TPSA) is 73.6 Å². The van der Waals surface area contributed by atoms with Crippen LogP contribution in [0.3, 0.4) is 0 Å². The molecule has 0 radical (unpaired) electrons. The number of anilines is 2. The van der Waals surface area contributed by atoms with Crippen molar-refractivity contribution < 1.29 is 14.3 Å². The van der Waals surface area contributed by atoms with Gasteiger partial charge in [0.2, 0.25) is 5.91 Å². The Morgan fingerprint density at radius 3 is 2.76 bits per heavy atom. The molecule has 0 aliphatic heterocycles. The van der Waals surface area contributed by atoms with Crippen LogP contribution in [-0.2, 0) is 9.53 Å². The fraction of sp³-hybridized carbons (Fsp3) is 0.417. The number of rotatable bonds is 5. The lowest BCUT2D eigenvalue weighted by Gasteiger charge is -2.12. The van der Waals surface area contributed by atoms with E-state index in [0.29, 0.717) is 17.1 Å². The Hall–Kier alpha value is -1.75. The Bertz CT molecular complexity index is 391. The number of ether oxygens (including phenoxy) is 2. The highest BCUT2D eigenvalue weighted by molar-refractivity contribution is 5.93. The van der Waals surface area contributed by atoms with E-state index in [2.05, 4.69) is 5.32 Å². The fourth-order valence-electron chi connectivity index (χ4n) is 1.25. The van der Waals surface area contributed by atoms with Crippen molar-refractivity contribution >= 4 is 17.3 Å². The molecule has 0 bridgehead atoms. The molecule has 0 heterocycles. The smallest absolute Gasteiger partial charge is 0.250 e. The molecule has 1 aromatic rings. The molecule has 5 heteroatoms. The summed E-state index contributed by atoms with van der Waals surface area (Å²) >= 11 is 0. The van der Waals surface area contributed by atoms with Crippen molar-refractivity contribution in [3.8, 4) is 5.75 Å². The predicted molar refractivity (Wildman–Crippen MR) is 67.1 cm³/mol. The minimum Gasteiger partial charge on any atom is -0.495 e. The summed E-state index contributed by atoms with van der Waals surface area (Å²) in [5, 5.41) is 2.69. The standard InChI is InChI=1S/C12H18N2O3/c1-8(2)17-7-12(15)14-10-6-9(13)4-5-11(10)16-3/h4-6,8H,7,13H2,1-3H3,(H,14,15). The lowest BCUT2D eigenvalue weighted by atomic mass is 10.2. The van der Waals surface area contributed by atoms with Crippen molar-refractivity contribution in [3.05, 3.63) is 18.2 Å². The van der Waals surface area contributed by atoms with Gasteiger partial charge in [-0.25, -0.2) is 0 Å². The summed E-state index contributed by atoms with van der Waals surface area (Å²) in [7, 11) is 1.53. The molecule has 1 aromatic carbocycles. The van der Waals surface area contributed by atoms with E-state index in [1.165, 1.54) is 7.11 Å². The zero-order valence-corrected chi connectivity index (χ0v) is 10.3. The zero-order chi connectivity index (χ0) is 12.8. The minimum atomic E-state index is -0.234. The van der Waals surface area contributed by atoms with Gasteiger partial charge in [0.25, 0.3) is 0 Å². The Morgan fingerprint density at radius 1 is 1.47 bits per heavy atom. The van der Waals surface area contributed by atoms with Crippen LogP contribution in [0.5, 0.6) is 5.75 Å². The van der Waals surface area contributed by atoms with Gasteiger partial charge in [-0.1, -0.05) is 0 Å². The number of hydrogen-bond acceptors (Lipinski definition) is 4. The number of methoxy groups -OCH3 is 1. The highest BCUT2D eigenvalue weighted by Crippen LogP contribution is 2.26. The molecule has 1 rings (SSSR count). The van der Waals surface area contributed by atoms with Gasteiger partial charge in [0.05, 0.1) is 18.9 Å². The van der Waals surface area contributed by atoms with Crippen LogP contribution in [0, 0.1) is 0 Å². The highest BCUT2D eigenvalue weighted by Gasteiger charge is 2.08. The molecule has 0 fully saturated rings. The second-order valence-corrected chi connectivity index (χ2v) is 3.87. The third-order valence-corrected chi connectivity index (χ3v) is 2.05. The van der Waals surface area contributed by atoms with Crippen molar-refractivity contribution in [2.45, 2.75) is 20.0 Å². The number of hydrogen-bond donors (Lipinski definition) is 2. The number of carbonyl (C=O) groups is 1. The van der Waals surface area contributed by atoms with Crippen molar-refractivity contribution in [3.63, 3.8) is 0 Å². The average molecular weight is 238 g/mol. The Kier molecular flexibility index (Phi) is 4.78. The molecule has 1 amide bonds. The zero-order valence-electron chi connectivity index (χ0n) is 10.3. The van der Waals surface area contributed by atoms with Crippen LogP contribution < -0.4 is 15.8 Å². The summed E-state index contributed by atoms with van der Waals surface area (Å²) in [4.78, 5) is 11.6. The maximum absolute atomic E-state index is 11.6. The van der Waals surface area contributed by atoms with Gasteiger partial charge >= 0.3 is 0 Å². The number of amides is 1. The van der Waals surface area contributed by atoms with E-state index in [1.54, 1.807) is 18.2 Å². The van der Waals surface area contributed by atoms with Crippen LogP contribution in [0.25, 0.3) is 0 Å². The van der Waals surface area contributed by atoms with Gasteiger partial charge in [0.1, 0.15) is 12.4 Å². The second-order valence-electron chi connectivity index (χ2n) is 3.87. The van der Waals surface area contributed by atoms with Gasteiger partial charge in [0.15, 0.2) is 0 Å². The molecule has 0 aliphatic rings. The number of benzene rings is 1. The quantitative estimate of drug-likeness (QED) is 0.765. The molecule has 0 spiro atoms. The summed E-state index contributed by atoms with van der Waals surface area (Å²) in [5.41, 5.74) is 6.75. The highest BCUT2D eigenvalue weighted by atomic mass is 16.5. The van der Waals surface area contributed by atoms with E-state index in [9.17, 15) is 4.79 Å². The van der Waals surface area contributed by atoms with Crippen LogP contribution in [0.1, 0.15) is 13.8 Å². The number of carbonyl (C=O) groups excluding carboxylic acids is 1. The van der Waals surface area contributed by atoms with E-state index in [1.807, 2.05) is 13.8 Å². The first kappa shape index (κ1) is 13.3. The maximum Gasteiger partial charge on any atom is 0.250 e. The molecule has 94 valence electrons. The first-order valence-corrected chi connectivity index (χ1v) is 5.38. The van der Waals surface area contributed by atoms with Gasteiger partial charge < -0.3 is 20.5 Å². The van der Waals surface area contributed by atoms with E-state index in [4.69, 9.17) is 15.2 Å². The van der Waals surface area contributed by atoms with E-state index >= 15 is 0 Å². The van der Waals surface area contributed by atoms with Gasteiger partial charge in [-0.15, -0.1) is 0 Å². The first-order chi connectivity index (χ1) is 8.02. The molecular formula is C12H18N2O3. The maximum atomic E-state index is 11.6. The van der Waals surface area contributed by atoms with Gasteiger partial charge in [0, 0.05) is 5.69 Å².